The molecule has 0 atom stereocenters. The Labute approximate surface area is 120 Å². The summed E-state index contributed by atoms with van der Waals surface area (Å²) < 4.78 is 41.3. The highest BCUT2D eigenvalue weighted by molar-refractivity contribution is 6.02. The minimum atomic E-state index is -4.84. The lowest BCUT2D eigenvalue weighted by atomic mass is 10.0. The molecule has 5 nitrogen and oxygen atoms in total. The van der Waals surface area contributed by atoms with Crippen LogP contribution in [0, 0.1) is 6.92 Å². The first-order valence-electron chi connectivity index (χ1n) is 6.35. The first-order chi connectivity index (χ1) is 9.71. The van der Waals surface area contributed by atoms with E-state index >= 15 is 0 Å². The molecule has 118 valence electrons. The number of ether oxygens (including phenoxy) is 1. The van der Waals surface area contributed by atoms with E-state index in [1.165, 1.54) is 6.92 Å². The average molecular weight is 306 g/mol. The molecule has 0 unspecified atom stereocenters. The lowest BCUT2D eigenvalue weighted by Crippen LogP contribution is -2.20. The summed E-state index contributed by atoms with van der Waals surface area (Å²) in [5.41, 5.74) is 0.174. The fourth-order valence-corrected chi connectivity index (χ4v) is 1.94. The van der Waals surface area contributed by atoms with Crippen LogP contribution in [0.5, 0.6) is 5.75 Å². The molecule has 0 amide bonds. The average Bonchev–Trinajstić information content (AvgIpc) is 2.33. The van der Waals surface area contributed by atoms with Crippen molar-refractivity contribution in [1.29, 1.82) is 0 Å². The van der Waals surface area contributed by atoms with Crippen molar-refractivity contribution in [1.82, 2.24) is 0 Å². The van der Waals surface area contributed by atoms with Gasteiger partial charge in [0.25, 0.3) is 0 Å². The van der Waals surface area contributed by atoms with Crippen molar-refractivity contribution in [3.05, 3.63) is 17.2 Å². The Morgan fingerprint density at radius 3 is 2.29 bits per heavy atom. The summed E-state index contributed by atoms with van der Waals surface area (Å²) in [5, 5.41) is 14.8. The van der Waals surface area contributed by atoms with Crippen LogP contribution in [0.1, 0.15) is 29.8 Å². The predicted molar refractivity (Wildman–Crippen MR) is 73.1 cm³/mol. The number of hydrogen-bond acceptors (Lipinski definition) is 4. The number of nitrogens with one attached hydrogen (secondary N) is 2. The second kappa shape index (κ2) is 6.55. The smallest absolute Gasteiger partial charge is 0.478 e. The van der Waals surface area contributed by atoms with Gasteiger partial charge in [-0.1, -0.05) is 0 Å². The van der Waals surface area contributed by atoms with Crippen molar-refractivity contribution in [2.24, 2.45) is 0 Å². The molecule has 0 saturated heterocycles. The normalized spacial score (nSPS) is 11.1. The third-order valence-electron chi connectivity index (χ3n) is 2.70. The molecular weight excluding hydrogens is 289 g/mol. The van der Waals surface area contributed by atoms with Gasteiger partial charge < -0.3 is 20.5 Å². The molecule has 0 radical (unpaired) electrons. The Hall–Kier alpha value is -2.12. The zero-order valence-electron chi connectivity index (χ0n) is 11.9. The number of carbonyl (C=O) groups is 1. The first-order valence-corrected chi connectivity index (χ1v) is 6.35. The van der Waals surface area contributed by atoms with Crippen molar-refractivity contribution in [2.75, 3.05) is 23.7 Å². The number of benzene rings is 1. The topological polar surface area (TPSA) is 70.6 Å². The minimum Gasteiger partial charge on any atom is -0.478 e. The van der Waals surface area contributed by atoms with Crippen LogP contribution >= 0.6 is 0 Å². The van der Waals surface area contributed by atoms with Gasteiger partial charge in [-0.25, -0.2) is 4.79 Å². The fraction of sp³-hybridized carbons (Fsp3) is 0.462. The van der Waals surface area contributed by atoms with Gasteiger partial charge in [-0.15, -0.1) is 13.2 Å². The highest BCUT2D eigenvalue weighted by Crippen LogP contribution is 2.38. The van der Waals surface area contributed by atoms with E-state index in [2.05, 4.69) is 15.4 Å². The summed E-state index contributed by atoms with van der Waals surface area (Å²) >= 11 is 0. The third kappa shape index (κ3) is 4.17. The predicted octanol–water partition coefficient (Wildman–Crippen LogP) is 3.46. The van der Waals surface area contributed by atoms with Crippen LogP contribution in [0.2, 0.25) is 0 Å². The maximum absolute atomic E-state index is 12.4. The van der Waals surface area contributed by atoms with Gasteiger partial charge in [-0.2, -0.15) is 0 Å². The molecule has 0 aliphatic heterocycles. The number of alkyl halides is 3. The Balaban J connectivity index is 3.51. The Morgan fingerprint density at radius 1 is 1.29 bits per heavy atom. The van der Waals surface area contributed by atoms with Gasteiger partial charge in [0.15, 0.2) is 0 Å². The maximum Gasteiger partial charge on any atom is 0.573 e. The monoisotopic (exact) mass is 306 g/mol. The molecule has 1 rings (SSSR count). The molecule has 3 N–H and O–H groups in total. The molecule has 8 heteroatoms. The standard InChI is InChI=1S/C13H17F3N2O3/c1-4-17-8-6-9(21-13(14,15)16)7(3)11(18-5-2)10(8)12(19)20/h6,17-18H,4-5H2,1-3H3,(H,19,20). The van der Waals surface area contributed by atoms with E-state index in [0.29, 0.717) is 13.1 Å². The van der Waals surface area contributed by atoms with Crippen LogP contribution in [0.25, 0.3) is 0 Å². The molecule has 0 aromatic heterocycles. The minimum absolute atomic E-state index is 0.0748. The van der Waals surface area contributed by atoms with E-state index in [1.54, 1.807) is 13.8 Å². The third-order valence-corrected chi connectivity index (χ3v) is 2.70. The molecule has 0 heterocycles. The highest BCUT2D eigenvalue weighted by Gasteiger charge is 2.33. The second-order valence-electron chi connectivity index (χ2n) is 4.21. The van der Waals surface area contributed by atoms with Crippen LogP contribution in [-0.4, -0.2) is 30.5 Å². The van der Waals surface area contributed by atoms with Gasteiger partial charge in [0.05, 0.1) is 11.4 Å². The number of carboxylic acid groups (broad SMARTS) is 1. The number of hydrogen-bond donors (Lipinski definition) is 3. The van der Waals surface area contributed by atoms with Gasteiger partial charge in [-0.3, -0.25) is 0 Å². The molecule has 0 bridgehead atoms. The molecule has 1 aromatic carbocycles. The molecular formula is C13H17F3N2O3. The summed E-state index contributed by atoms with van der Waals surface area (Å²) in [4.78, 5) is 11.4. The Bertz CT molecular complexity index is 530. The lowest BCUT2D eigenvalue weighted by molar-refractivity contribution is -0.274. The van der Waals surface area contributed by atoms with Crippen molar-refractivity contribution in [3.63, 3.8) is 0 Å². The summed E-state index contributed by atoms with van der Waals surface area (Å²) in [6, 6.07) is 1.05. The largest absolute Gasteiger partial charge is 0.573 e. The molecule has 0 fully saturated rings. The van der Waals surface area contributed by atoms with Gasteiger partial charge in [-0.05, 0) is 20.8 Å². The molecule has 0 aliphatic carbocycles. The summed E-state index contributed by atoms with van der Waals surface area (Å²) in [5.74, 6) is -1.66. The second-order valence-corrected chi connectivity index (χ2v) is 4.21. The van der Waals surface area contributed by atoms with E-state index < -0.39 is 18.1 Å². The number of anilines is 2. The number of halogens is 3. The maximum atomic E-state index is 12.4. The summed E-state index contributed by atoms with van der Waals surface area (Å²) in [6.45, 7) is 5.53. The highest BCUT2D eigenvalue weighted by atomic mass is 19.4. The number of rotatable bonds is 6. The zero-order valence-corrected chi connectivity index (χ0v) is 11.9. The van der Waals surface area contributed by atoms with E-state index in [4.69, 9.17) is 0 Å². The van der Waals surface area contributed by atoms with Gasteiger partial charge in [0.1, 0.15) is 11.3 Å². The molecule has 21 heavy (non-hydrogen) atoms. The fourth-order valence-electron chi connectivity index (χ4n) is 1.94. The van der Waals surface area contributed by atoms with Crippen LogP contribution in [0.4, 0.5) is 24.5 Å². The van der Waals surface area contributed by atoms with Crippen LogP contribution in [0.3, 0.4) is 0 Å². The van der Waals surface area contributed by atoms with Gasteiger partial charge in [0, 0.05) is 24.7 Å². The Morgan fingerprint density at radius 2 is 1.86 bits per heavy atom. The van der Waals surface area contributed by atoms with Crippen LogP contribution < -0.4 is 15.4 Å². The van der Waals surface area contributed by atoms with Crippen molar-refractivity contribution >= 4 is 17.3 Å². The van der Waals surface area contributed by atoms with E-state index in [-0.39, 0.29) is 22.5 Å². The summed E-state index contributed by atoms with van der Waals surface area (Å²) in [7, 11) is 0. The molecule has 0 saturated carbocycles. The van der Waals surface area contributed by atoms with Crippen molar-refractivity contribution in [2.45, 2.75) is 27.1 Å². The van der Waals surface area contributed by atoms with E-state index in [0.717, 1.165) is 6.07 Å². The number of aromatic carboxylic acids is 1. The SMILES string of the molecule is CCNc1cc(OC(F)(F)F)c(C)c(NCC)c1C(=O)O. The zero-order chi connectivity index (χ0) is 16.2. The van der Waals surface area contributed by atoms with Gasteiger partial charge in [0.2, 0.25) is 0 Å². The quantitative estimate of drug-likeness (QED) is 0.751. The lowest BCUT2D eigenvalue weighted by Gasteiger charge is -2.20. The first kappa shape index (κ1) is 16.9. The van der Waals surface area contributed by atoms with Crippen LogP contribution in [0.15, 0.2) is 6.07 Å². The molecule has 1 aromatic rings. The molecule has 0 aliphatic rings. The van der Waals surface area contributed by atoms with E-state index in [1.807, 2.05) is 0 Å². The molecule has 0 spiro atoms. The van der Waals surface area contributed by atoms with E-state index in [9.17, 15) is 23.1 Å². The Kier molecular flexibility index (Phi) is 5.28. The van der Waals surface area contributed by atoms with Crippen LogP contribution in [-0.2, 0) is 0 Å². The van der Waals surface area contributed by atoms with Crippen molar-refractivity contribution < 1.29 is 27.8 Å². The number of carboxylic acids is 1. The summed E-state index contributed by atoms with van der Waals surface area (Å²) in [6.07, 6.45) is -4.84. The van der Waals surface area contributed by atoms with Crippen molar-refractivity contribution in [3.8, 4) is 5.75 Å². The van der Waals surface area contributed by atoms with Gasteiger partial charge >= 0.3 is 12.3 Å².